The van der Waals surface area contributed by atoms with Crippen molar-refractivity contribution in [1.82, 2.24) is 4.90 Å². The first-order valence-electron chi connectivity index (χ1n) is 5.03. The molecular formula is C11H23N. The largest absolute Gasteiger partial charge is 0.373 e. The van der Waals surface area contributed by atoms with Gasteiger partial charge in [-0.1, -0.05) is 19.4 Å². The molecule has 0 aromatic carbocycles. The fourth-order valence-electron chi connectivity index (χ4n) is 1.30. The average molecular weight is 169 g/mol. The molecule has 0 aliphatic rings. The monoisotopic (exact) mass is 169 g/mol. The lowest BCUT2D eigenvalue weighted by atomic mass is 10.2. The quantitative estimate of drug-likeness (QED) is 0.609. The van der Waals surface area contributed by atoms with Crippen LogP contribution >= 0.6 is 0 Å². The van der Waals surface area contributed by atoms with E-state index in [-0.39, 0.29) is 0 Å². The van der Waals surface area contributed by atoms with Crippen molar-refractivity contribution < 1.29 is 0 Å². The van der Waals surface area contributed by atoms with E-state index in [0.29, 0.717) is 12.1 Å². The smallest absolute Gasteiger partial charge is 0.0230 e. The van der Waals surface area contributed by atoms with Gasteiger partial charge in [-0.3, -0.25) is 0 Å². The summed E-state index contributed by atoms with van der Waals surface area (Å²) in [6.07, 6.45) is 6.93. The molecule has 0 aliphatic heterocycles. The van der Waals surface area contributed by atoms with Crippen LogP contribution < -0.4 is 0 Å². The fraction of sp³-hybridized carbons (Fsp3) is 0.818. The van der Waals surface area contributed by atoms with E-state index < -0.39 is 0 Å². The second-order valence-electron chi connectivity index (χ2n) is 3.81. The SMILES string of the molecule is CCCC=CN(C(C)C)C(C)C. The maximum absolute atomic E-state index is 2.38. The summed E-state index contributed by atoms with van der Waals surface area (Å²) >= 11 is 0. The molecule has 0 unspecified atom stereocenters. The molecule has 0 saturated heterocycles. The minimum atomic E-state index is 0.609. The minimum absolute atomic E-state index is 0.609. The van der Waals surface area contributed by atoms with Crippen LogP contribution in [0.2, 0.25) is 0 Å². The first kappa shape index (κ1) is 11.5. The van der Waals surface area contributed by atoms with Crippen LogP contribution in [0.5, 0.6) is 0 Å². The summed E-state index contributed by atoms with van der Waals surface area (Å²) in [6, 6.07) is 1.22. The summed E-state index contributed by atoms with van der Waals surface area (Å²) in [7, 11) is 0. The van der Waals surface area contributed by atoms with Crippen LogP contribution in [0.1, 0.15) is 47.5 Å². The van der Waals surface area contributed by atoms with Gasteiger partial charge in [0.1, 0.15) is 0 Å². The van der Waals surface area contributed by atoms with E-state index in [1.54, 1.807) is 0 Å². The van der Waals surface area contributed by atoms with Crippen molar-refractivity contribution in [3.8, 4) is 0 Å². The molecule has 12 heavy (non-hydrogen) atoms. The van der Waals surface area contributed by atoms with Crippen LogP contribution in [0.25, 0.3) is 0 Å². The van der Waals surface area contributed by atoms with Gasteiger partial charge in [-0.05, 0) is 40.3 Å². The molecule has 0 aliphatic carbocycles. The van der Waals surface area contributed by atoms with E-state index in [4.69, 9.17) is 0 Å². The van der Waals surface area contributed by atoms with Crippen molar-refractivity contribution in [2.75, 3.05) is 0 Å². The Hall–Kier alpha value is -0.460. The van der Waals surface area contributed by atoms with E-state index in [1.165, 1.54) is 12.8 Å². The number of hydrogen-bond donors (Lipinski definition) is 0. The normalized spacial score (nSPS) is 11.9. The highest BCUT2D eigenvalue weighted by Gasteiger charge is 2.06. The molecule has 0 radical (unpaired) electrons. The van der Waals surface area contributed by atoms with Gasteiger partial charge >= 0.3 is 0 Å². The van der Waals surface area contributed by atoms with Crippen LogP contribution in [0, 0.1) is 0 Å². The zero-order valence-electron chi connectivity index (χ0n) is 9.17. The first-order chi connectivity index (χ1) is 5.59. The molecule has 72 valence electrons. The Morgan fingerprint density at radius 1 is 1.08 bits per heavy atom. The van der Waals surface area contributed by atoms with Crippen molar-refractivity contribution in [2.24, 2.45) is 0 Å². The lowest BCUT2D eigenvalue weighted by Crippen LogP contribution is -2.31. The number of nitrogens with zero attached hydrogens (tertiary/aromatic N) is 1. The molecule has 0 saturated carbocycles. The minimum Gasteiger partial charge on any atom is -0.373 e. The predicted octanol–water partition coefficient (Wildman–Crippen LogP) is 3.42. The Labute approximate surface area is 77.5 Å². The highest BCUT2D eigenvalue weighted by Crippen LogP contribution is 2.06. The van der Waals surface area contributed by atoms with Crippen molar-refractivity contribution in [1.29, 1.82) is 0 Å². The lowest BCUT2D eigenvalue weighted by Gasteiger charge is -2.29. The van der Waals surface area contributed by atoms with E-state index in [9.17, 15) is 0 Å². The zero-order valence-corrected chi connectivity index (χ0v) is 9.17. The Balaban J connectivity index is 3.95. The molecule has 0 aromatic rings. The Bertz CT molecular complexity index is 117. The molecule has 0 N–H and O–H groups in total. The summed E-state index contributed by atoms with van der Waals surface area (Å²) in [5.41, 5.74) is 0. The van der Waals surface area contributed by atoms with Gasteiger partial charge in [0.15, 0.2) is 0 Å². The van der Waals surface area contributed by atoms with Gasteiger partial charge in [-0.15, -0.1) is 0 Å². The Morgan fingerprint density at radius 3 is 1.92 bits per heavy atom. The van der Waals surface area contributed by atoms with Crippen molar-refractivity contribution >= 4 is 0 Å². The number of rotatable bonds is 5. The van der Waals surface area contributed by atoms with Crippen LogP contribution in [0.3, 0.4) is 0 Å². The maximum atomic E-state index is 2.38. The Kier molecular flexibility index (Phi) is 5.87. The van der Waals surface area contributed by atoms with Crippen LogP contribution in [-0.4, -0.2) is 17.0 Å². The number of unbranched alkanes of at least 4 members (excludes halogenated alkanes) is 1. The summed E-state index contributed by atoms with van der Waals surface area (Å²) in [6.45, 7) is 11.1. The van der Waals surface area contributed by atoms with Gasteiger partial charge in [0.25, 0.3) is 0 Å². The molecule has 0 spiro atoms. The van der Waals surface area contributed by atoms with Gasteiger partial charge in [-0.2, -0.15) is 0 Å². The number of hydrogen-bond acceptors (Lipinski definition) is 1. The summed E-state index contributed by atoms with van der Waals surface area (Å²) in [4.78, 5) is 2.38. The topological polar surface area (TPSA) is 3.24 Å². The summed E-state index contributed by atoms with van der Waals surface area (Å²) in [5.74, 6) is 0. The van der Waals surface area contributed by atoms with Gasteiger partial charge in [0.2, 0.25) is 0 Å². The molecule has 0 atom stereocenters. The van der Waals surface area contributed by atoms with E-state index in [2.05, 4.69) is 51.8 Å². The van der Waals surface area contributed by atoms with Crippen molar-refractivity contribution in [3.05, 3.63) is 12.3 Å². The van der Waals surface area contributed by atoms with Gasteiger partial charge in [-0.25, -0.2) is 0 Å². The highest BCUT2D eigenvalue weighted by molar-refractivity contribution is 4.85. The number of allylic oxidation sites excluding steroid dienone is 1. The predicted molar refractivity (Wildman–Crippen MR) is 56.2 cm³/mol. The fourth-order valence-corrected chi connectivity index (χ4v) is 1.30. The van der Waals surface area contributed by atoms with E-state index in [1.807, 2.05) is 0 Å². The molecule has 1 nitrogen and oxygen atoms in total. The van der Waals surface area contributed by atoms with Crippen LogP contribution in [0.15, 0.2) is 12.3 Å². The third-order valence-corrected chi connectivity index (χ3v) is 1.93. The third kappa shape index (κ3) is 4.42. The average Bonchev–Trinajstić information content (AvgIpc) is 1.96. The van der Waals surface area contributed by atoms with Crippen molar-refractivity contribution in [2.45, 2.75) is 59.5 Å². The first-order valence-corrected chi connectivity index (χ1v) is 5.03. The highest BCUT2D eigenvalue weighted by atomic mass is 15.1. The molecule has 0 rings (SSSR count). The molecule has 0 fully saturated rings. The molecule has 1 heteroatoms. The molecular weight excluding hydrogens is 146 g/mol. The van der Waals surface area contributed by atoms with Gasteiger partial charge in [0.05, 0.1) is 0 Å². The second-order valence-corrected chi connectivity index (χ2v) is 3.81. The molecule has 0 aromatic heterocycles. The zero-order chi connectivity index (χ0) is 9.56. The lowest BCUT2D eigenvalue weighted by molar-refractivity contribution is 0.255. The van der Waals surface area contributed by atoms with E-state index in [0.717, 1.165) is 0 Å². The van der Waals surface area contributed by atoms with Gasteiger partial charge < -0.3 is 4.90 Å². The molecule has 0 bridgehead atoms. The molecule has 0 heterocycles. The van der Waals surface area contributed by atoms with Crippen LogP contribution in [0.4, 0.5) is 0 Å². The molecule has 0 amide bonds. The van der Waals surface area contributed by atoms with E-state index >= 15 is 0 Å². The van der Waals surface area contributed by atoms with Gasteiger partial charge in [0, 0.05) is 12.1 Å². The third-order valence-electron chi connectivity index (χ3n) is 1.93. The second kappa shape index (κ2) is 6.10. The van der Waals surface area contributed by atoms with Crippen LogP contribution in [-0.2, 0) is 0 Å². The standard InChI is InChI=1S/C11H23N/c1-6-7-8-9-12(10(2)3)11(4)5/h8-11H,6-7H2,1-5H3. The van der Waals surface area contributed by atoms with Crippen molar-refractivity contribution in [3.63, 3.8) is 0 Å². The summed E-state index contributed by atoms with van der Waals surface area (Å²) in [5, 5.41) is 0. The maximum Gasteiger partial charge on any atom is 0.0230 e. The summed E-state index contributed by atoms with van der Waals surface area (Å²) < 4.78 is 0. The Morgan fingerprint density at radius 2 is 1.58 bits per heavy atom.